The van der Waals surface area contributed by atoms with Crippen LogP contribution in [-0.4, -0.2) is 33.2 Å². The van der Waals surface area contributed by atoms with E-state index in [1.165, 1.54) is 0 Å². The summed E-state index contributed by atoms with van der Waals surface area (Å²) in [6, 6.07) is 5.69. The number of nitrogens with one attached hydrogen (secondary N) is 1. The molecule has 0 radical (unpaired) electrons. The summed E-state index contributed by atoms with van der Waals surface area (Å²) < 4.78 is 5.78. The lowest BCUT2D eigenvalue weighted by Gasteiger charge is -2.19. The number of hydrogen-bond donors (Lipinski definition) is 1. The van der Waals surface area contributed by atoms with Crippen molar-refractivity contribution < 1.29 is 9.53 Å². The summed E-state index contributed by atoms with van der Waals surface area (Å²) in [5, 5.41) is 2.66. The molecule has 0 heterocycles. The topological polar surface area (TPSA) is 41.6 Å². The van der Waals surface area contributed by atoms with Crippen molar-refractivity contribution >= 4 is 11.6 Å². The average molecular weight is 234 g/mol. The molecule has 0 atom stereocenters. The van der Waals surface area contributed by atoms with E-state index in [0.717, 1.165) is 18.5 Å². The van der Waals surface area contributed by atoms with Crippen LogP contribution < -0.4 is 15.0 Å². The zero-order valence-electron chi connectivity index (χ0n) is 10.5. The van der Waals surface area contributed by atoms with Crippen molar-refractivity contribution in [3.05, 3.63) is 23.8 Å². The van der Waals surface area contributed by atoms with Gasteiger partial charge in [0.2, 0.25) is 0 Å². The van der Waals surface area contributed by atoms with Crippen molar-refractivity contribution in [3.63, 3.8) is 0 Å². The van der Waals surface area contributed by atoms with Crippen LogP contribution in [0.5, 0.6) is 5.75 Å². The number of nitrogens with zero attached hydrogens (tertiary/aromatic N) is 1. The average Bonchev–Trinajstić information content (AvgIpc) is 3.11. The summed E-state index contributed by atoms with van der Waals surface area (Å²) in [6.45, 7) is 0. The van der Waals surface area contributed by atoms with E-state index in [2.05, 4.69) is 5.32 Å². The first kappa shape index (κ1) is 11.8. The van der Waals surface area contributed by atoms with Gasteiger partial charge in [-0.3, -0.25) is 4.79 Å². The summed E-state index contributed by atoms with van der Waals surface area (Å²) in [5.74, 6) is 0.572. The fourth-order valence-electron chi connectivity index (χ4n) is 1.71. The lowest BCUT2D eigenvalue weighted by Crippen LogP contribution is -2.23. The molecule has 92 valence electrons. The van der Waals surface area contributed by atoms with Gasteiger partial charge in [-0.15, -0.1) is 0 Å². The molecule has 0 aliphatic heterocycles. The normalized spacial score (nSPS) is 14.3. The SMILES string of the molecule is CNC(=O)c1c(OC2CC2)cccc1N(C)C. The van der Waals surface area contributed by atoms with Crippen molar-refractivity contribution in [2.24, 2.45) is 0 Å². The van der Waals surface area contributed by atoms with Crippen LogP contribution in [0.2, 0.25) is 0 Å². The summed E-state index contributed by atoms with van der Waals surface area (Å²) in [7, 11) is 5.47. The Hall–Kier alpha value is -1.71. The third kappa shape index (κ3) is 2.52. The molecule has 4 nitrogen and oxygen atoms in total. The van der Waals surface area contributed by atoms with Gasteiger partial charge in [0.05, 0.1) is 11.8 Å². The second-order valence-electron chi connectivity index (χ2n) is 4.44. The van der Waals surface area contributed by atoms with Crippen LogP contribution in [0.25, 0.3) is 0 Å². The van der Waals surface area contributed by atoms with E-state index in [0.29, 0.717) is 11.3 Å². The maximum Gasteiger partial charge on any atom is 0.256 e. The fraction of sp³-hybridized carbons (Fsp3) is 0.462. The number of benzene rings is 1. The lowest BCUT2D eigenvalue weighted by atomic mass is 10.1. The van der Waals surface area contributed by atoms with Gasteiger partial charge in [0.1, 0.15) is 11.3 Å². The minimum atomic E-state index is -0.107. The van der Waals surface area contributed by atoms with Crippen LogP contribution in [0.1, 0.15) is 23.2 Å². The van der Waals surface area contributed by atoms with Crippen LogP contribution in [0.4, 0.5) is 5.69 Å². The Labute approximate surface area is 102 Å². The number of amides is 1. The van der Waals surface area contributed by atoms with Crippen molar-refractivity contribution in [2.75, 3.05) is 26.0 Å². The highest BCUT2D eigenvalue weighted by Crippen LogP contribution is 2.33. The maximum atomic E-state index is 11.9. The molecule has 1 fully saturated rings. The molecular formula is C13H18N2O2. The highest BCUT2D eigenvalue weighted by Gasteiger charge is 2.27. The first-order valence-corrected chi connectivity index (χ1v) is 5.82. The van der Waals surface area contributed by atoms with E-state index in [1.807, 2.05) is 37.2 Å². The molecule has 1 saturated carbocycles. The third-order valence-electron chi connectivity index (χ3n) is 2.76. The highest BCUT2D eigenvalue weighted by atomic mass is 16.5. The van der Waals surface area contributed by atoms with Gasteiger partial charge in [-0.05, 0) is 25.0 Å². The molecule has 1 amide bonds. The van der Waals surface area contributed by atoms with E-state index >= 15 is 0 Å². The standard InChI is InChI=1S/C13H18N2O2/c1-14-13(16)12-10(15(2)3)5-4-6-11(12)17-9-7-8-9/h4-6,9H,7-8H2,1-3H3,(H,14,16). The Morgan fingerprint density at radius 3 is 2.65 bits per heavy atom. The number of rotatable bonds is 4. The van der Waals surface area contributed by atoms with Crippen molar-refractivity contribution in [1.29, 1.82) is 0 Å². The van der Waals surface area contributed by atoms with Gasteiger partial charge in [-0.1, -0.05) is 6.07 Å². The number of ether oxygens (including phenoxy) is 1. The van der Waals surface area contributed by atoms with Crippen LogP contribution in [0.3, 0.4) is 0 Å². The number of carbonyl (C=O) groups excluding carboxylic acids is 1. The van der Waals surface area contributed by atoms with Gasteiger partial charge in [0, 0.05) is 21.1 Å². The monoisotopic (exact) mass is 234 g/mol. The Bertz CT molecular complexity index is 425. The maximum absolute atomic E-state index is 11.9. The summed E-state index contributed by atoms with van der Waals surface area (Å²) in [4.78, 5) is 13.9. The van der Waals surface area contributed by atoms with Crippen molar-refractivity contribution in [3.8, 4) is 5.75 Å². The second kappa shape index (κ2) is 4.65. The molecule has 1 aromatic rings. The molecule has 4 heteroatoms. The predicted molar refractivity (Wildman–Crippen MR) is 67.8 cm³/mol. The van der Waals surface area contributed by atoms with Gasteiger partial charge in [-0.2, -0.15) is 0 Å². The lowest BCUT2D eigenvalue weighted by molar-refractivity contribution is 0.0959. The van der Waals surface area contributed by atoms with Gasteiger partial charge >= 0.3 is 0 Å². The second-order valence-corrected chi connectivity index (χ2v) is 4.44. The molecule has 1 aliphatic rings. The zero-order chi connectivity index (χ0) is 12.4. The van der Waals surface area contributed by atoms with Gasteiger partial charge in [0.25, 0.3) is 5.91 Å². The quantitative estimate of drug-likeness (QED) is 0.861. The van der Waals surface area contributed by atoms with E-state index in [9.17, 15) is 4.79 Å². The van der Waals surface area contributed by atoms with Crippen LogP contribution in [0.15, 0.2) is 18.2 Å². The molecule has 0 unspecified atom stereocenters. The first-order valence-electron chi connectivity index (χ1n) is 5.82. The minimum absolute atomic E-state index is 0.107. The van der Waals surface area contributed by atoms with E-state index in [4.69, 9.17) is 4.74 Å². The Kier molecular flexibility index (Phi) is 3.22. The molecule has 1 aliphatic carbocycles. The summed E-state index contributed by atoms with van der Waals surface area (Å²) >= 11 is 0. The smallest absolute Gasteiger partial charge is 0.256 e. The van der Waals surface area contributed by atoms with Crippen LogP contribution in [0, 0.1) is 0 Å². The molecule has 17 heavy (non-hydrogen) atoms. The van der Waals surface area contributed by atoms with E-state index < -0.39 is 0 Å². The highest BCUT2D eigenvalue weighted by molar-refractivity contribution is 6.02. The minimum Gasteiger partial charge on any atom is -0.490 e. The Morgan fingerprint density at radius 1 is 1.41 bits per heavy atom. The number of hydrogen-bond acceptors (Lipinski definition) is 3. The summed E-state index contributed by atoms with van der Waals surface area (Å²) in [6.07, 6.45) is 2.45. The van der Waals surface area contributed by atoms with Gasteiger partial charge < -0.3 is 15.0 Å². The largest absolute Gasteiger partial charge is 0.490 e. The molecule has 0 spiro atoms. The molecule has 0 aromatic heterocycles. The Balaban J connectivity index is 2.41. The molecule has 0 bridgehead atoms. The van der Waals surface area contributed by atoms with Gasteiger partial charge in [-0.25, -0.2) is 0 Å². The van der Waals surface area contributed by atoms with Gasteiger partial charge in [0.15, 0.2) is 0 Å². The third-order valence-corrected chi connectivity index (χ3v) is 2.76. The zero-order valence-corrected chi connectivity index (χ0v) is 10.5. The van der Waals surface area contributed by atoms with E-state index in [1.54, 1.807) is 7.05 Å². The molecule has 0 saturated heterocycles. The summed E-state index contributed by atoms with van der Waals surface area (Å²) in [5.41, 5.74) is 1.49. The number of anilines is 1. The molecular weight excluding hydrogens is 216 g/mol. The van der Waals surface area contributed by atoms with Crippen LogP contribution >= 0.6 is 0 Å². The predicted octanol–water partition coefficient (Wildman–Crippen LogP) is 1.65. The number of carbonyl (C=O) groups is 1. The first-order chi connectivity index (χ1) is 8.13. The fourth-order valence-corrected chi connectivity index (χ4v) is 1.71. The van der Waals surface area contributed by atoms with Crippen LogP contribution in [-0.2, 0) is 0 Å². The Morgan fingerprint density at radius 2 is 2.12 bits per heavy atom. The molecule has 1 aromatic carbocycles. The van der Waals surface area contributed by atoms with Crippen molar-refractivity contribution in [2.45, 2.75) is 18.9 Å². The van der Waals surface area contributed by atoms with E-state index in [-0.39, 0.29) is 12.0 Å². The van der Waals surface area contributed by atoms with Crippen molar-refractivity contribution in [1.82, 2.24) is 5.32 Å². The molecule has 1 N–H and O–H groups in total. The molecule has 2 rings (SSSR count).